The Bertz CT molecular complexity index is 550. The molecule has 7 nitrogen and oxygen atoms in total. The van der Waals surface area contributed by atoms with Gasteiger partial charge in [0.2, 0.25) is 11.8 Å². The number of rotatable bonds is 4. The van der Waals surface area contributed by atoms with Gasteiger partial charge in [0.25, 0.3) is 0 Å². The number of piperazine rings is 1. The van der Waals surface area contributed by atoms with Crippen molar-refractivity contribution in [3.63, 3.8) is 0 Å². The number of aromatic nitrogens is 2. The van der Waals surface area contributed by atoms with E-state index in [0.717, 1.165) is 25.9 Å². The van der Waals surface area contributed by atoms with Gasteiger partial charge in [0.05, 0.1) is 25.0 Å². The Morgan fingerprint density at radius 3 is 2.77 bits per heavy atom. The minimum atomic E-state index is -0.102. The van der Waals surface area contributed by atoms with Gasteiger partial charge in [-0.3, -0.25) is 19.2 Å². The molecule has 1 saturated carbocycles. The molecule has 7 heteroatoms. The van der Waals surface area contributed by atoms with Crippen LogP contribution in [0.4, 0.5) is 5.69 Å². The van der Waals surface area contributed by atoms with Crippen molar-refractivity contribution in [2.24, 2.45) is 7.05 Å². The first-order valence-electron chi connectivity index (χ1n) is 7.92. The highest BCUT2D eigenvalue weighted by atomic mass is 16.2. The molecular weight excluding hydrogens is 282 g/mol. The van der Waals surface area contributed by atoms with Crippen molar-refractivity contribution in [3.05, 3.63) is 12.4 Å². The maximum atomic E-state index is 12.3. The van der Waals surface area contributed by atoms with E-state index in [1.54, 1.807) is 24.1 Å². The molecule has 3 rings (SSSR count). The molecule has 0 aromatic carbocycles. The largest absolute Gasteiger partial charge is 0.337 e. The fourth-order valence-corrected chi connectivity index (χ4v) is 3.36. The number of carbonyl (C=O) groups excluding carboxylic acids is 2. The molecule has 2 fully saturated rings. The lowest BCUT2D eigenvalue weighted by molar-refractivity contribution is -0.139. The number of nitrogens with zero attached hydrogens (tertiary/aromatic N) is 4. The first-order chi connectivity index (χ1) is 10.6. The van der Waals surface area contributed by atoms with Gasteiger partial charge in [-0.2, -0.15) is 5.10 Å². The third kappa shape index (κ3) is 3.47. The lowest BCUT2D eigenvalue weighted by Gasteiger charge is -2.37. The van der Waals surface area contributed by atoms with Gasteiger partial charge in [-0.15, -0.1) is 0 Å². The van der Waals surface area contributed by atoms with E-state index < -0.39 is 0 Å². The summed E-state index contributed by atoms with van der Waals surface area (Å²) in [5.74, 6) is 0.0578. The summed E-state index contributed by atoms with van der Waals surface area (Å²) in [4.78, 5) is 28.2. The van der Waals surface area contributed by atoms with E-state index >= 15 is 0 Å². The number of hydrogen-bond acceptors (Lipinski definition) is 4. The van der Waals surface area contributed by atoms with E-state index in [-0.39, 0.29) is 18.4 Å². The molecule has 22 heavy (non-hydrogen) atoms. The Kier molecular flexibility index (Phi) is 4.42. The van der Waals surface area contributed by atoms with Crippen LogP contribution in [0.15, 0.2) is 12.4 Å². The Labute approximate surface area is 130 Å². The molecule has 2 amide bonds. The zero-order chi connectivity index (χ0) is 15.5. The quantitative estimate of drug-likeness (QED) is 0.876. The summed E-state index contributed by atoms with van der Waals surface area (Å²) in [5.41, 5.74) is 0.684. The van der Waals surface area contributed by atoms with Crippen molar-refractivity contribution in [2.45, 2.75) is 31.7 Å². The second-order valence-electron chi connectivity index (χ2n) is 6.19. The number of nitrogens with one attached hydrogen (secondary N) is 1. The van der Waals surface area contributed by atoms with Gasteiger partial charge in [-0.1, -0.05) is 12.8 Å². The van der Waals surface area contributed by atoms with E-state index in [9.17, 15) is 9.59 Å². The summed E-state index contributed by atoms with van der Waals surface area (Å²) in [5, 5.41) is 6.81. The van der Waals surface area contributed by atoms with Gasteiger partial charge in [-0.05, 0) is 12.8 Å². The molecular formula is C15H23N5O2. The molecule has 0 radical (unpaired) electrons. The van der Waals surface area contributed by atoms with Crippen LogP contribution >= 0.6 is 0 Å². The van der Waals surface area contributed by atoms with Crippen molar-refractivity contribution in [1.29, 1.82) is 0 Å². The third-order valence-electron chi connectivity index (χ3n) is 4.46. The van der Waals surface area contributed by atoms with E-state index in [1.165, 1.54) is 12.8 Å². The minimum absolute atomic E-state index is 0.102. The molecule has 120 valence electrons. The molecule has 1 aliphatic heterocycles. The van der Waals surface area contributed by atoms with E-state index in [0.29, 0.717) is 18.3 Å². The van der Waals surface area contributed by atoms with Gasteiger partial charge in [0.1, 0.15) is 0 Å². The SMILES string of the molecule is Cn1cc(NC(=O)CN2CCN(C3CCCC3)C(=O)C2)cn1. The molecule has 2 heterocycles. The number of amides is 2. The zero-order valence-corrected chi connectivity index (χ0v) is 13.0. The highest BCUT2D eigenvalue weighted by molar-refractivity contribution is 5.92. The molecule has 0 atom stereocenters. The molecule has 1 aromatic rings. The average Bonchev–Trinajstić information content (AvgIpc) is 3.11. The highest BCUT2D eigenvalue weighted by Gasteiger charge is 2.31. The Morgan fingerprint density at radius 1 is 1.36 bits per heavy atom. The molecule has 0 bridgehead atoms. The van der Waals surface area contributed by atoms with E-state index in [2.05, 4.69) is 10.4 Å². The summed E-state index contributed by atoms with van der Waals surface area (Å²) < 4.78 is 1.64. The predicted molar refractivity (Wildman–Crippen MR) is 82.2 cm³/mol. The van der Waals surface area contributed by atoms with Crippen LogP contribution in [0, 0.1) is 0 Å². The third-order valence-corrected chi connectivity index (χ3v) is 4.46. The summed E-state index contributed by atoms with van der Waals surface area (Å²) >= 11 is 0. The van der Waals surface area contributed by atoms with Gasteiger partial charge >= 0.3 is 0 Å². The summed E-state index contributed by atoms with van der Waals surface area (Å²) in [7, 11) is 1.80. The second-order valence-corrected chi connectivity index (χ2v) is 6.19. The van der Waals surface area contributed by atoms with Gasteiger partial charge in [0, 0.05) is 32.4 Å². The van der Waals surface area contributed by atoms with Crippen LogP contribution in [-0.2, 0) is 16.6 Å². The maximum absolute atomic E-state index is 12.3. The molecule has 0 unspecified atom stereocenters. The molecule has 1 aliphatic carbocycles. The van der Waals surface area contributed by atoms with Crippen molar-refractivity contribution in [1.82, 2.24) is 19.6 Å². The van der Waals surface area contributed by atoms with Crippen molar-refractivity contribution < 1.29 is 9.59 Å². The molecule has 1 aromatic heterocycles. The van der Waals surface area contributed by atoms with Crippen LogP contribution < -0.4 is 5.32 Å². The fourth-order valence-electron chi connectivity index (χ4n) is 3.36. The van der Waals surface area contributed by atoms with Crippen molar-refractivity contribution in [3.8, 4) is 0 Å². The summed E-state index contributed by atoms with van der Waals surface area (Å²) in [6.45, 7) is 2.10. The molecule has 0 spiro atoms. The lowest BCUT2D eigenvalue weighted by atomic mass is 10.1. The van der Waals surface area contributed by atoms with Crippen LogP contribution in [0.2, 0.25) is 0 Å². The molecule has 2 aliphatic rings. The number of aryl methyl sites for hydroxylation is 1. The van der Waals surface area contributed by atoms with Crippen molar-refractivity contribution in [2.75, 3.05) is 31.5 Å². The van der Waals surface area contributed by atoms with Crippen LogP contribution in [0.25, 0.3) is 0 Å². The van der Waals surface area contributed by atoms with E-state index in [4.69, 9.17) is 0 Å². The smallest absolute Gasteiger partial charge is 0.238 e. The predicted octanol–water partition coefficient (Wildman–Crippen LogP) is 0.445. The van der Waals surface area contributed by atoms with Crippen LogP contribution in [-0.4, -0.2) is 63.6 Å². The lowest BCUT2D eigenvalue weighted by Crippen LogP contribution is -2.54. The molecule has 1 saturated heterocycles. The first-order valence-corrected chi connectivity index (χ1v) is 7.92. The zero-order valence-electron chi connectivity index (χ0n) is 13.0. The maximum Gasteiger partial charge on any atom is 0.238 e. The topological polar surface area (TPSA) is 70.5 Å². The monoisotopic (exact) mass is 305 g/mol. The standard InChI is InChI=1S/C15H23N5O2/c1-18-9-12(8-16-18)17-14(21)10-19-6-7-20(15(22)11-19)13-4-2-3-5-13/h8-9,13H,2-7,10-11H2,1H3,(H,17,21). The number of hydrogen-bond donors (Lipinski definition) is 1. The first kappa shape index (κ1) is 15.0. The Balaban J connectivity index is 1.48. The number of carbonyl (C=O) groups is 2. The van der Waals surface area contributed by atoms with Crippen molar-refractivity contribution >= 4 is 17.5 Å². The average molecular weight is 305 g/mol. The highest BCUT2D eigenvalue weighted by Crippen LogP contribution is 2.24. The van der Waals surface area contributed by atoms with Crippen LogP contribution in [0.3, 0.4) is 0 Å². The van der Waals surface area contributed by atoms with E-state index in [1.807, 2.05) is 9.80 Å². The normalized spacial score (nSPS) is 20.6. The van der Waals surface area contributed by atoms with Crippen LogP contribution in [0.5, 0.6) is 0 Å². The fraction of sp³-hybridized carbons (Fsp3) is 0.667. The second kappa shape index (κ2) is 6.48. The van der Waals surface area contributed by atoms with Crippen LogP contribution in [0.1, 0.15) is 25.7 Å². The minimum Gasteiger partial charge on any atom is -0.337 e. The summed E-state index contributed by atoms with van der Waals surface area (Å²) in [6.07, 6.45) is 8.08. The number of anilines is 1. The summed E-state index contributed by atoms with van der Waals surface area (Å²) in [6, 6.07) is 0.430. The van der Waals surface area contributed by atoms with Gasteiger partial charge < -0.3 is 10.2 Å². The van der Waals surface area contributed by atoms with Gasteiger partial charge in [0.15, 0.2) is 0 Å². The van der Waals surface area contributed by atoms with Gasteiger partial charge in [-0.25, -0.2) is 0 Å². The Morgan fingerprint density at radius 2 is 2.14 bits per heavy atom. The molecule has 1 N–H and O–H groups in total. The Hall–Kier alpha value is -1.89.